The van der Waals surface area contributed by atoms with Crippen molar-refractivity contribution < 1.29 is 27.6 Å². The van der Waals surface area contributed by atoms with Crippen LogP contribution in [0.25, 0.3) is 11.3 Å². The summed E-state index contributed by atoms with van der Waals surface area (Å²) in [4.78, 5) is 8.88. The van der Waals surface area contributed by atoms with E-state index in [1.54, 1.807) is 24.1 Å². The first-order chi connectivity index (χ1) is 16.3. The Labute approximate surface area is 194 Å². The van der Waals surface area contributed by atoms with Crippen molar-refractivity contribution in [2.24, 2.45) is 5.73 Å². The lowest BCUT2D eigenvalue weighted by Crippen LogP contribution is -2.30. The van der Waals surface area contributed by atoms with Gasteiger partial charge in [-0.3, -0.25) is 10.3 Å². The number of aryl methyl sites for hydroxylation is 1. The Morgan fingerprint density at radius 1 is 1.24 bits per heavy atom. The molecule has 3 aromatic rings. The molecule has 178 valence electrons. The molecule has 0 radical (unpaired) electrons. The Kier molecular flexibility index (Phi) is 6.69. The summed E-state index contributed by atoms with van der Waals surface area (Å²) >= 11 is 0. The van der Waals surface area contributed by atoms with Gasteiger partial charge in [-0.2, -0.15) is 0 Å². The van der Waals surface area contributed by atoms with Crippen LogP contribution < -0.4 is 10.5 Å². The third kappa shape index (κ3) is 4.81. The highest BCUT2D eigenvalue weighted by Gasteiger charge is 2.22. The molecule has 1 aliphatic rings. The predicted octanol–water partition coefficient (Wildman–Crippen LogP) is 3.28. The summed E-state index contributed by atoms with van der Waals surface area (Å²) in [6.45, 7) is 2.40. The van der Waals surface area contributed by atoms with Crippen molar-refractivity contribution in [2.75, 3.05) is 20.2 Å². The summed E-state index contributed by atoms with van der Waals surface area (Å²) in [5, 5.41) is 10.5. The maximum Gasteiger partial charge on any atom is 0.267 e. The minimum absolute atomic E-state index is 0.00417. The minimum Gasteiger partial charge on any atom is -0.479 e. The molecule has 0 amide bonds. The Hall–Kier alpha value is -3.66. The van der Waals surface area contributed by atoms with E-state index in [2.05, 4.69) is 9.97 Å². The molecule has 0 spiro atoms. The number of rotatable bonds is 6. The number of imidazole rings is 1. The number of halogens is 3. The summed E-state index contributed by atoms with van der Waals surface area (Å²) < 4.78 is 49.4. The van der Waals surface area contributed by atoms with Crippen molar-refractivity contribution in [2.45, 2.75) is 25.9 Å². The van der Waals surface area contributed by atoms with Gasteiger partial charge < -0.3 is 14.4 Å². The van der Waals surface area contributed by atoms with Gasteiger partial charge in [-0.25, -0.2) is 23.1 Å². The number of hydrogen-bond donors (Lipinski definition) is 2. The van der Waals surface area contributed by atoms with Crippen LogP contribution in [0.5, 0.6) is 5.88 Å². The molecular weight excluding hydrogens is 447 g/mol. The number of benzene rings is 1. The van der Waals surface area contributed by atoms with Crippen LogP contribution >= 0.6 is 0 Å². The number of ether oxygens (including phenoxy) is 1. The molecule has 2 aromatic heterocycles. The maximum atomic E-state index is 13.6. The van der Waals surface area contributed by atoms with Gasteiger partial charge in [0.2, 0.25) is 5.88 Å². The van der Waals surface area contributed by atoms with E-state index in [1.165, 1.54) is 0 Å². The fourth-order valence-electron chi connectivity index (χ4n) is 3.92. The standard InChI is InChI=1S/C24H24F3N5O2/c1-14-11-32(13-29-14)20-6-5-19(30-24(20)34-2)15-4-3-7-31(22(28)10-15)12-21(33)16-8-17(25)23(27)18(26)9-16/h5-6,8-11,13,21,28,33H,3-4,7,12H2,1-2H3/p+1. The first-order valence-electron chi connectivity index (χ1n) is 10.7. The molecule has 34 heavy (non-hydrogen) atoms. The monoisotopic (exact) mass is 472 g/mol. The third-order valence-electron chi connectivity index (χ3n) is 5.70. The van der Waals surface area contributed by atoms with Gasteiger partial charge >= 0.3 is 0 Å². The number of amidine groups is 1. The molecule has 0 saturated carbocycles. The molecule has 0 fully saturated rings. The second kappa shape index (κ2) is 9.68. The average Bonchev–Trinajstić information content (AvgIpc) is 3.17. The van der Waals surface area contributed by atoms with Crippen LogP contribution in [0.3, 0.4) is 0 Å². The Bertz CT molecular complexity index is 1260. The van der Waals surface area contributed by atoms with Crippen molar-refractivity contribution >= 4 is 11.4 Å². The number of aromatic nitrogens is 3. The second-order valence-electron chi connectivity index (χ2n) is 8.11. The average molecular weight is 472 g/mol. The van der Waals surface area contributed by atoms with Crippen LogP contribution in [0, 0.1) is 24.4 Å². The molecule has 3 heterocycles. The zero-order valence-corrected chi connectivity index (χ0v) is 18.8. The van der Waals surface area contributed by atoms with Crippen molar-refractivity contribution in [1.29, 1.82) is 0 Å². The number of nitrogens with two attached hydrogens (primary N) is 1. The number of nitrogens with zero attached hydrogens (tertiary/aromatic N) is 4. The van der Waals surface area contributed by atoms with Crippen molar-refractivity contribution in [1.82, 2.24) is 14.5 Å². The molecule has 1 unspecified atom stereocenters. The number of β-amino-alcohol motifs (C(OH)–C–C–N with tert-alkyl or cyclic N) is 1. The summed E-state index contributed by atoms with van der Waals surface area (Å²) in [5.41, 5.74) is 9.43. The van der Waals surface area contributed by atoms with E-state index in [1.807, 2.05) is 29.8 Å². The van der Waals surface area contributed by atoms with E-state index in [0.29, 0.717) is 36.8 Å². The lowest BCUT2D eigenvalue weighted by Gasteiger charge is -2.14. The van der Waals surface area contributed by atoms with Crippen molar-refractivity contribution in [3.05, 3.63) is 77.3 Å². The molecule has 0 aliphatic carbocycles. The van der Waals surface area contributed by atoms with Crippen LogP contribution in [-0.2, 0) is 0 Å². The highest BCUT2D eigenvalue weighted by atomic mass is 19.2. The second-order valence-corrected chi connectivity index (χ2v) is 8.11. The number of aliphatic hydroxyl groups excluding tert-OH is 1. The Morgan fingerprint density at radius 2 is 1.97 bits per heavy atom. The molecule has 7 nitrogen and oxygen atoms in total. The van der Waals surface area contributed by atoms with Crippen LogP contribution in [-0.4, -0.2) is 50.3 Å². The van der Waals surface area contributed by atoms with Gasteiger partial charge in [0.1, 0.15) is 18.3 Å². The highest BCUT2D eigenvalue weighted by Crippen LogP contribution is 2.27. The summed E-state index contributed by atoms with van der Waals surface area (Å²) in [7, 11) is 1.55. The van der Waals surface area contributed by atoms with Crippen LogP contribution in [0.4, 0.5) is 13.2 Å². The fourth-order valence-corrected chi connectivity index (χ4v) is 3.92. The van der Waals surface area contributed by atoms with Gasteiger partial charge in [0.25, 0.3) is 5.84 Å². The van der Waals surface area contributed by atoms with Crippen LogP contribution in [0.15, 0.2) is 42.9 Å². The molecule has 1 aromatic carbocycles. The molecule has 10 heteroatoms. The molecule has 4 rings (SSSR count). The molecule has 3 N–H and O–H groups in total. The highest BCUT2D eigenvalue weighted by molar-refractivity contribution is 5.94. The SMILES string of the molecule is COc1nc(C2=CC(N)=[N+](CC(O)c3cc(F)c(F)c(F)c3)CCC2)ccc1-n1cnc(C)c1. The molecular formula is C24H25F3N5O2+. The van der Waals surface area contributed by atoms with E-state index in [-0.39, 0.29) is 12.1 Å². The molecule has 1 atom stereocenters. The molecule has 0 saturated heterocycles. The Balaban J connectivity index is 1.60. The normalized spacial score (nSPS) is 15.2. The van der Waals surface area contributed by atoms with Crippen molar-refractivity contribution in [3.63, 3.8) is 0 Å². The quantitative estimate of drug-likeness (QED) is 0.425. The van der Waals surface area contributed by atoms with Gasteiger partial charge in [-0.15, -0.1) is 0 Å². The first-order valence-corrected chi connectivity index (χ1v) is 10.7. The number of allylic oxidation sites excluding steroid dienone is 1. The smallest absolute Gasteiger partial charge is 0.267 e. The summed E-state index contributed by atoms with van der Waals surface area (Å²) in [6.07, 6.45) is 5.46. The predicted molar refractivity (Wildman–Crippen MR) is 120 cm³/mol. The zero-order chi connectivity index (χ0) is 24.4. The lowest BCUT2D eigenvalue weighted by molar-refractivity contribution is -0.537. The Morgan fingerprint density at radius 3 is 2.62 bits per heavy atom. The van der Waals surface area contributed by atoms with Gasteiger partial charge in [-0.1, -0.05) is 0 Å². The van der Waals surface area contributed by atoms with Crippen molar-refractivity contribution in [3.8, 4) is 11.6 Å². The number of methoxy groups -OCH3 is 1. The largest absolute Gasteiger partial charge is 0.479 e. The van der Waals surface area contributed by atoms with Gasteiger partial charge in [-0.05, 0) is 55.2 Å². The minimum atomic E-state index is -1.57. The fraction of sp³-hybridized carbons (Fsp3) is 0.292. The third-order valence-corrected chi connectivity index (χ3v) is 5.70. The van der Waals surface area contributed by atoms with Gasteiger partial charge in [0.05, 0.1) is 31.4 Å². The van der Waals surface area contributed by atoms with E-state index in [0.717, 1.165) is 29.1 Å². The van der Waals surface area contributed by atoms with Gasteiger partial charge in [0, 0.05) is 12.3 Å². The van der Waals surface area contributed by atoms with E-state index >= 15 is 0 Å². The molecule has 1 aliphatic heterocycles. The van der Waals surface area contributed by atoms with E-state index in [4.69, 9.17) is 10.5 Å². The zero-order valence-electron chi connectivity index (χ0n) is 18.8. The first kappa shape index (κ1) is 23.5. The van der Waals surface area contributed by atoms with E-state index < -0.39 is 23.6 Å². The van der Waals surface area contributed by atoms with E-state index in [9.17, 15) is 18.3 Å². The summed E-state index contributed by atoms with van der Waals surface area (Å²) in [5.74, 6) is -3.45. The number of hydrogen-bond acceptors (Lipinski definition) is 5. The lowest BCUT2D eigenvalue weighted by atomic mass is 10.1. The van der Waals surface area contributed by atoms with Gasteiger partial charge in [0.15, 0.2) is 17.5 Å². The molecule has 0 bridgehead atoms. The number of aliphatic hydroxyl groups is 1. The van der Waals surface area contributed by atoms with Crippen LogP contribution in [0.1, 0.15) is 35.9 Å². The summed E-state index contributed by atoms with van der Waals surface area (Å²) in [6, 6.07) is 5.35. The maximum absolute atomic E-state index is 13.6. The topological polar surface area (TPSA) is 89.2 Å². The van der Waals surface area contributed by atoms with Crippen LogP contribution in [0.2, 0.25) is 0 Å². The number of pyridine rings is 1.